The average Bonchev–Trinajstić information content (AvgIpc) is 2.93. The summed E-state index contributed by atoms with van der Waals surface area (Å²) < 4.78 is 0. The first-order valence-electron chi connectivity index (χ1n) is 7.04. The number of hydrogen-bond donors (Lipinski definition) is 1. The third-order valence-electron chi connectivity index (χ3n) is 3.70. The van der Waals surface area contributed by atoms with Crippen molar-refractivity contribution in [2.75, 3.05) is 13.1 Å². The van der Waals surface area contributed by atoms with Crippen LogP contribution in [-0.4, -0.2) is 33.9 Å². The molecule has 110 valence electrons. The summed E-state index contributed by atoms with van der Waals surface area (Å²) in [6, 6.07) is 4.67. The van der Waals surface area contributed by atoms with Gasteiger partial charge in [0, 0.05) is 36.1 Å². The Morgan fingerprint density at radius 2 is 2.33 bits per heavy atom. The van der Waals surface area contributed by atoms with Crippen LogP contribution in [-0.2, 0) is 0 Å². The third kappa shape index (κ3) is 3.05. The van der Waals surface area contributed by atoms with Crippen molar-refractivity contribution in [3.8, 4) is 0 Å². The van der Waals surface area contributed by atoms with Crippen LogP contribution in [0.25, 0.3) is 0 Å². The lowest BCUT2D eigenvalue weighted by molar-refractivity contribution is 0.0701. The maximum atomic E-state index is 12.5. The van der Waals surface area contributed by atoms with Gasteiger partial charge in [0.1, 0.15) is 5.69 Å². The van der Waals surface area contributed by atoms with Crippen LogP contribution in [0.1, 0.15) is 39.1 Å². The van der Waals surface area contributed by atoms with E-state index in [1.807, 2.05) is 18.0 Å². The number of pyridine rings is 1. The van der Waals surface area contributed by atoms with E-state index in [0.717, 1.165) is 24.4 Å². The zero-order valence-electron chi connectivity index (χ0n) is 11.8. The summed E-state index contributed by atoms with van der Waals surface area (Å²) in [7, 11) is 0. The molecule has 6 heteroatoms. The van der Waals surface area contributed by atoms with Crippen LogP contribution in [0.2, 0.25) is 0 Å². The predicted molar refractivity (Wildman–Crippen MR) is 81.8 cm³/mol. The molecule has 5 nitrogen and oxygen atoms in total. The van der Waals surface area contributed by atoms with Gasteiger partial charge < -0.3 is 9.88 Å². The maximum Gasteiger partial charge on any atom is 0.270 e. The van der Waals surface area contributed by atoms with Crippen LogP contribution in [0.4, 0.5) is 0 Å². The summed E-state index contributed by atoms with van der Waals surface area (Å²) in [5, 5.41) is 1.10. The van der Waals surface area contributed by atoms with E-state index < -0.39 is 0 Å². The first-order chi connectivity index (χ1) is 10.1. The number of thiazole rings is 1. The number of carbonyl (C=O) groups is 1. The highest BCUT2D eigenvalue weighted by Gasteiger charge is 2.27. The molecule has 0 aromatic carbocycles. The minimum atomic E-state index is -0.245. The largest absolute Gasteiger partial charge is 0.337 e. The quantitative estimate of drug-likeness (QED) is 0.924. The Bertz CT molecular complexity index is 707. The summed E-state index contributed by atoms with van der Waals surface area (Å²) >= 11 is 1.70. The fourth-order valence-corrected chi connectivity index (χ4v) is 3.57. The van der Waals surface area contributed by atoms with Gasteiger partial charge in [0.2, 0.25) is 5.56 Å². The molecule has 0 radical (unpaired) electrons. The van der Waals surface area contributed by atoms with Crippen molar-refractivity contribution in [2.24, 2.45) is 0 Å². The normalized spacial score (nSPS) is 18.7. The molecule has 1 aliphatic rings. The highest BCUT2D eigenvalue weighted by atomic mass is 32.1. The van der Waals surface area contributed by atoms with Crippen LogP contribution in [0.15, 0.2) is 29.2 Å². The van der Waals surface area contributed by atoms with E-state index in [9.17, 15) is 9.59 Å². The number of nitrogens with zero attached hydrogens (tertiary/aromatic N) is 2. The van der Waals surface area contributed by atoms with E-state index in [4.69, 9.17) is 0 Å². The minimum absolute atomic E-state index is 0.106. The lowest BCUT2D eigenvalue weighted by atomic mass is 9.98. The number of nitrogens with one attached hydrogen (secondary N) is 1. The Labute approximate surface area is 126 Å². The van der Waals surface area contributed by atoms with Gasteiger partial charge in [-0.3, -0.25) is 9.59 Å². The first kappa shape index (κ1) is 14.0. The second-order valence-electron chi connectivity index (χ2n) is 5.33. The molecule has 0 aliphatic carbocycles. The lowest BCUT2D eigenvalue weighted by Crippen LogP contribution is -2.39. The zero-order chi connectivity index (χ0) is 14.8. The standard InChI is InChI=1S/C15H17N3O2S/c1-10-8-16-14(21-10)11-4-3-7-18(9-11)15(20)12-5-2-6-13(19)17-12/h2,5-6,8,11H,3-4,7,9H2,1H3,(H,17,19). The number of rotatable bonds is 2. The van der Waals surface area contributed by atoms with E-state index in [1.165, 1.54) is 10.9 Å². The second-order valence-corrected chi connectivity index (χ2v) is 6.59. The van der Waals surface area contributed by atoms with Crippen molar-refractivity contribution in [1.29, 1.82) is 0 Å². The Balaban J connectivity index is 1.77. The van der Waals surface area contributed by atoms with E-state index in [2.05, 4.69) is 9.97 Å². The van der Waals surface area contributed by atoms with Gasteiger partial charge in [0.25, 0.3) is 5.91 Å². The summed E-state index contributed by atoms with van der Waals surface area (Å²) in [6.45, 7) is 3.45. The van der Waals surface area contributed by atoms with Crippen molar-refractivity contribution < 1.29 is 4.79 Å². The van der Waals surface area contributed by atoms with Gasteiger partial charge >= 0.3 is 0 Å². The van der Waals surface area contributed by atoms with Gasteiger partial charge in [0.05, 0.1) is 5.01 Å². The second kappa shape index (κ2) is 5.81. The fraction of sp³-hybridized carbons (Fsp3) is 0.400. The smallest absolute Gasteiger partial charge is 0.270 e. The maximum absolute atomic E-state index is 12.5. The molecule has 1 aliphatic heterocycles. The molecule has 1 amide bonds. The molecule has 1 unspecified atom stereocenters. The SMILES string of the molecule is Cc1cnc(C2CCCN(C(=O)c3cccc(=O)[nH]3)C2)s1. The van der Waals surface area contributed by atoms with Crippen LogP contribution >= 0.6 is 11.3 Å². The highest BCUT2D eigenvalue weighted by Crippen LogP contribution is 2.30. The van der Waals surface area contributed by atoms with Crippen LogP contribution in [0.5, 0.6) is 0 Å². The number of aromatic nitrogens is 2. The first-order valence-corrected chi connectivity index (χ1v) is 7.86. The van der Waals surface area contributed by atoms with Gasteiger partial charge in [-0.25, -0.2) is 4.98 Å². The Morgan fingerprint density at radius 1 is 1.48 bits per heavy atom. The van der Waals surface area contributed by atoms with Gasteiger partial charge in [0.15, 0.2) is 0 Å². The van der Waals surface area contributed by atoms with Crippen LogP contribution < -0.4 is 5.56 Å². The van der Waals surface area contributed by atoms with E-state index >= 15 is 0 Å². The van der Waals surface area contributed by atoms with Gasteiger partial charge in [-0.1, -0.05) is 6.07 Å². The van der Waals surface area contributed by atoms with E-state index in [0.29, 0.717) is 18.2 Å². The number of carbonyl (C=O) groups excluding carboxylic acids is 1. The van der Waals surface area contributed by atoms with E-state index in [1.54, 1.807) is 23.5 Å². The molecule has 0 saturated carbocycles. The molecule has 1 fully saturated rings. The summed E-state index contributed by atoms with van der Waals surface area (Å²) in [4.78, 5) is 33.9. The number of aryl methyl sites for hydroxylation is 1. The Hall–Kier alpha value is -1.95. The summed E-state index contributed by atoms with van der Waals surface area (Å²) in [6.07, 6.45) is 3.91. The van der Waals surface area contributed by atoms with Crippen molar-refractivity contribution >= 4 is 17.2 Å². The number of likely N-dealkylation sites (tertiary alicyclic amines) is 1. The topological polar surface area (TPSA) is 66.1 Å². The molecular formula is C15H17N3O2S. The molecule has 3 heterocycles. The van der Waals surface area contributed by atoms with Gasteiger partial charge in [-0.2, -0.15) is 0 Å². The molecule has 2 aromatic rings. The predicted octanol–water partition coefficient (Wildman–Crippen LogP) is 2.16. The molecule has 21 heavy (non-hydrogen) atoms. The average molecular weight is 303 g/mol. The molecule has 1 atom stereocenters. The van der Waals surface area contributed by atoms with Crippen LogP contribution in [0.3, 0.4) is 0 Å². The van der Waals surface area contributed by atoms with E-state index in [-0.39, 0.29) is 11.5 Å². The Kier molecular flexibility index (Phi) is 3.88. The van der Waals surface area contributed by atoms with Gasteiger partial charge in [-0.15, -0.1) is 11.3 Å². The number of aromatic amines is 1. The van der Waals surface area contributed by atoms with Crippen molar-refractivity contribution in [3.05, 3.63) is 50.3 Å². The summed E-state index contributed by atoms with van der Waals surface area (Å²) in [5.74, 6) is 0.197. The van der Waals surface area contributed by atoms with Crippen molar-refractivity contribution in [2.45, 2.75) is 25.7 Å². The zero-order valence-corrected chi connectivity index (χ0v) is 12.7. The van der Waals surface area contributed by atoms with Crippen molar-refractivity contribution in [3.63, 3.8) is 0 Å². The number of amides is 1. The monoisotopic (exact) mass is 303 g/mol. The summed E-state index contributed by atoms with van der Waals surface area (Å²) in [5.41, 5.74) is 0.114. The Morgan fingerprint density at radius 3 is 3.05 bits per heavy atom. The molecular weight excluding hydrogens is 286 g/mol. The van der Waals surface area contributed by atoms with Crippen molar-refractivity contribution in [1.82, 2.24) is 14.9 Å². The van der Waals surface area contributed by atoms with Crippen LogP contribution in [0, 0.1) is 6.92 Å². The molecule has 1 saturated heterocycles. The lowest BCUT2D eigenvalue weighted by Gasteiger charge is -2.31. The minimum Gasteiger partial charge on any atom is -0.337 e. The molecule has 2 aromatic heterocycles. The number of H-pyrrole nitrogens is 1. The molecule has 3 rings (SSSR count). The molecule has 0 bridgehead atoms. The molecule has 1 N–H and O–H groups in total. The third-order valence-corrected chi connectivity index (χ3v) is 4.77. The molecule has 0 spiro atoms. The number of hydrogen-bond acceptors (Lipinski definition) is 4. The number of piperidine rings is 1. The highest BCUT2D eigenvalue weighted by molar-refractivity contribution is 7.11. The van der Waals surface area contributed by atoms with Gasteiger partial charge in [-0.05, 0) is 25.8 Å². The fourth-order valence-electron chi connectivity index (χ4n) is 2.67.